The van der Waals surface area contributed by atoms with Crippen LogP contribution in [0.1, 0.15) is 59.8 Å². The first-order valence-electron chi connectivity index (χ1n) is 7.41. The highest BCUT2D eigenvalue weighted by Gasteiger charge is 2.18. The highest BCUT2D eigenvalue weighted by molar-refractivity contribution is 8.01. The van der Waals surface area contributed by atoms with E-state index < -0.39 is 0 Å². The van der Waals surface area contributed by atoms with E-state index >= 15 is 0 Å². The number of anilines is 1. The number of carbonyl (C=O) groups is 1. The van der Waals surface area contributed by atoms with E-state index in [1.54, 1.807) is 11.8 Å². The van der Waals surface area contributed by atoms with Gasteiger partial charge in [-0.3, -0.25) is 4.79 Å². The molecule has 1 rings (SSSR count). The zero-order chi connectivity index (χ0) is 15.0. The molecule has 4 nitrogen and oxygen atoms in total. The van der Waals surface area contributed by atoms with Crippen molar-refractivity contribution in [3.05, 3.63) is 0 Å². The highest BCUT2D eigenvalue weighted by atomic mass is 32.2. The van der Waals surface area contributed by atoms with Crippen molar-refractivity contribution in [2.24, 2.45) is 5.92 Å². The topological polar surface area (TPSA) is 54.9 Å². The molecule has 2 unspecified atom stereocenters. The summed E-state index contributed by atoms with van der Waals surface area (Å²) in [6, 6.07) is 0. The normalized spacial score (nSPS) is 14.0. The Hall–Kier alpha value is -0.620. The van der Waals surface area contributed by atoms with Gasteiger partial charge >= 0.3 is 0 Å². The number of hydrogen-bond acceptors (Lipinski definition) is 5. The van der Waals surface area contributed by atoms with Crippen LogP contribution >= 0.6 is 23.1 Å². The SMILES string of the molecule is CCCCC(CC)C(=O)Nc1nnc(SC(C)CC)s1. The minimum atomic E-state index is 0.0807. The molecule has 1 amide bonds. The van der Waals surface area contributed by atoms with Crippen LogP contribution in [0.3, 0.4) is 0 Å². The van der Waals surface area contributed by atoms with Crippen LogP contribution < -0.4 is 5.32 Å². The van der Waals surface area contributed by atoms with Crippen LogP contribution in [0, 0.1) is 5.92 Å². The number of carbonyl (C=O) groups excluding carboxylic acids is 1. The van der Waals surface area contributed by atoms with E-state index in [0.717, 1.165) is 36.4 Å². The fraction of sp³-hybridized carbons (Fsp3) is 0.786. The zero-order valence-corrected chi connectivity index (χ0v) is 14.4. The molecule has 20 heavy (non-hydrogen) atoms. The Morgan fingerprint density at radius 1 is 1.30 bits per heavy atom. The average Bonchev–Trinajstić information content (AvgIpc) is 2.86. The van der Waals surface area contributed by atoms with Gasteiger partial charge in [0.1, 0.15) is 0 Å². The number of thioether (sulfide) groups is 1. The third-order valence-corrected chi connectivity index (χ3v) is 5.47. The summed E-state index contributed by atoms with van der Waals surface area (Å²) in [4.78, 5) is 12.2. The van der Waals surface area contributed by atoms with Gasteiger partial charge in [0.15, 0.2) is 4.34 Å². The largest absolute Gasteiger partial charge is 0.300 e. The van der Waals surface area contributed by atoms with Crippen molar-refractivity contribution in [3.8, 4) is 0 Å². The lowest BCUT2D eigenvalue weighted by atomic mass is 9.99. The second-order valence-corrected chi connectivity index (χ2v) is 7.61. The third-order valence-electron chi connectivity index (χ3n) is 3.28. The second-order valence-electron chi connectivity index (χ2n) is 4.95. The van der Waals surface area contributed by atoms with Crippen molar-refractivity contribution in [1.29, 1.82) is 0 Å². The molecule has 2 atom stereocenters. The second kappa shape index (κ2) is 9.34. The number of unbranched alkanes of at least 4 members (excludes halogenated alkanes) is 1. The lowest BCUT2D eigenvalue weighted by molar-refractivity contribution is -0.120. The number of rotatable bonds is 9. The summed E-state index contributed by atoms with van der Waals surface area (Å²) in [7, 11) is 0. The van der Waals surface area contributed by atoms with Crippen molar-refractivity contribution in [3.63, 3.8) is 0 Å². The quantitative estimate of drug-likeness (QED) is 0.535. The molecule has 0 aliphatic rings. The molecule has 0 fully saturated rings. The van der Waals surface area contributed by atoms with Crippen molar-refractivity contribution >= 4 is 34.1 Å². The Morgan fingerprint density at radius 3 is 2.65 bits per heavy atom. The smallest absolute Gasteiger partial charge is 0.229 e. The highest BCUT2D eigenvalue weighted by Crippen LogP contribution is 2.30. The lowest BCUT2D eigenvalue weighted by Gasteiger charge is -2.12. The van der Waals surface area contributed by atoms with Crippen LogP contribution in [-0.4, -0.2) is 21.4 Å². The molecular formula is C14H25N3OS2. The van der Waals surface area contributed by atoms with Gasteiger partial charge in [-0.05, 0) is 19.3 Å². The Labute approximate surface area is 130 Å². The summed E-state index contributed by atoms with van der Waals surface area (Å²) in [5.41, 5.74) is 0. The summed E-state index contributed by atoms with van der Waals surface area (Å²) in [6.07, 6.45) is 5.14. The fourth-order valence-corrected chi connectivity index (χ4v) is 3.74. The van der Waals surface area contributed by atoms with Gasteiger partial charge in [-0.15, -0.1) is 10.2 Å². The minimum Gasteiger partial charge on any atom is -0.300 e. The summed E-state index contributed by atoms with van der Waals surface area (Å²) in [6.45, 7) is 8.53. The molecule has 0 saturated heterocycles. The first-order valence-corrected chi connectivity index (χ1v) is 9.11. The predicted molar refractivity (Wildman–Crippen MR) is 87.5 cm³/mol. The number of nitrogens with one attached hydrogen (secondary N) is 1. The van der Waals surface area contributed by atoms with Crippen LogP contribution in [0.5, 0.6) is 0 Å². The Kier molecular flexibility index (Phi) is 8.14. The van der Waals surface area contributed by atoms with Gasteiger partial charge in [0.05, 0.1) is 0 Å². The van der Waals surface area contributed by atoms with Crippen LogP contribution in [0.2, 0.25) is 0 Å². The molecule has 0 saturated carbocycles. The molecule has 1 aromatic heterocycles. The Balaban J connectivity index is 2.52. The Bertz CT molecular complexity index is 409. The first-order chi connectivity index (χ1) is 9.60. The van der Waals surface area contributed by atoms with E-state index in [2.05, 4.69) is 43.2 Å². The summed E-state index contributed by atoms with van der Waals surface area (Å²) in [5.74, 6) is 0.168. The minimum absolute atomic E-state index is 0.0807. The van der Waals surface area contributed by atoms with Gasteiger partial charge in [0.25, 0.3) is 0 Å². The predicted octanol–water partition coefficient (Wildman–Crippen LogP) is 4.58. The molecule has 1 N–H and O–H groups in total. The van der Waals surface area contributed by atoms with Crippen molar-refractivity contribution in [2.75, 3.05) is 5.32 Å². The number of nitrogens with zero attached hydrogens (tertiary/aromatic N) is 2. The molecule has 0 aliphatic heterocycles. The van der Waals surface area contributed by atoms with Crippen molar-refractivity contribution < 1.29 is 4.79 Å². The van der Waals surface area contributed by atoms with Gasteiger partial charge < -0.3 is 5.32 Å². The van der Waals surface area contributed by atoms with Crippen molar-refractivity contribution in [1.82, 2.24) is 10.2 Å². The summed E-state index contributed by atoms with van der Waals surface area (Å²) in [5, 5.41) is 12.2. The number of amides is 1. The molecule has 6 heteroatoms. The lowest BCUT2D eigenvalue weighted by Crippen LogP contribution is -2.22. The molecule has 1 heterocycles. The van der Waals surface area contributed by atoms with Crippen molar-refractivity contribution in [2.45, 2.75) is 69.4 Å². The molecule has 114 valence electrons. The summed E-state index contributed by atoms with van der Waals surface area (Å²) < 4.78 is 0.927. The third kappa shape index (κ3) is 5.79. The monoisotopic (exact) mass is 315 g/mol. The van der Waals surface area contributed by atoms with E-state index in [1.807, 2.05) is 0 Å². The van der Waals surface area contributed by atoms with Gasteiger partial charge in [-0.25, -0.2) is 0 Å². The zero-order valence-electron chi connectivity index (χ0n) is 12.8. The van der Waals surface area contributed by atoms with Crippen LogP contribution in [0.25, 0.3) is 0 Å². The molecule has 0 aliphatic carbocycles. The van der Waals surface area contributed by atoms with E-state index in [4.69, 9.17) is 0 Å². The first kappa shape index (κ1) is 17.4. The van der Waals surface area contributed by atoms with Gasteiger partial charge in [-0.2, -0.15) is 0 Å². The van der Waals surface area contributed by atoms with Gasteiger partial charge in [0.2, 0.25) is 11.0 Å². The standard InChI is InChI=1S/C14H25N3OS2/c1-5-8-9-11(7-3)12(18)15-13-16-17-14(20-13)19-10(4)6-2/h10-11H,5-9H2,1-4H3,(H,15,16,18). The van der Waals surface area contributed by atoms with E-state index in [1.165, 1.54) is 11.3 Å². The molecule has 0 radical (unpaired) electrons. The number of aromatic nitrogens is 2. The molecule has 0 bridgehead atoms. The summed E-state index contributed by atoms with van der Waals surface area (Å²) >= 11 is 3.18. The molecule has 0 aromatic carbocycles. The fourth-order valence-electron chi connectivity index (χ4n) is 1.74. The van der Waals surface area contributed by atoms with Crippen LogP contribution in [0.15, 0.2) is 4.34 Å². The average molecular weight is 316 g/mol. The van der Waals surface area contributed by atoms with E-state index in [9.17, 15) is 4.79 Å². The maximum absolute atomic E-state index is 12.2. The van der Waals surface area contributed by atoms with Crippen LogP contribution in [0.4, 0.5) is 5.13 Å². The van der Waals surface area contributed by atoms with Gasteiger partial charge in [0, 0.05) is 11.2 Å². The van der Waals surface area contributed by atoms with E-state index in [0.29, 0.717) is 10.4 Å². The molecule has 1 aromatic rings. The number of hydrogen-bond donors (Lipinski definition) is 1. The molecule has 0 spiro atoms. The Morgan fingerprint density at radius 2 is 2.05 bits per heavy atom. The van der Waals surface area contributed by atoms with Crippen LogP contribution in [-0.2, 0) is 4.79 Å². The van der Waals surface area contributed by atoms with E-state index in [-0.39, 0.29) is 11.8 Å². The van der Waals surface area contributed by atoms with Gasteiger partial charge in [-0.1, -0.05) is 63.6 Å². The molecular weight excluding hydrogens is 290 g/mol. The maximum Gasteiger partial charge on any atom is 0.229 e. The maximum atomic E-state index is 12.2.